The van der Waals surface area contributed by atoms with Crippen molar-refractivity contribution in [3.8, 4) is 0 Å². The van der Waals surface area contributed by atoms with E-state index < -0.39 is 0 Å². The molecule has 0 aromatic heterocycles. The lowest BCUT2D eigenvalue weighted by atomic mass is 9.97. The molecule has 2 aromatic carbocycles. The molecule has 4 rings (SSSR count). The molecule has 1 atom stereocenters. The van der Waals surface area contributed by atoms with Crippen molar-refractivity contribution in [1.29, 1.82) is 0 Å². The van der Waals surface area contributed by atoms with Crippen molar-refractivity contribution >= 4 is 29.1 Å². The number of amides is 1. The van der Waals surface area contributed by atoms with Crippen LogP contribution in [0.3, 0.4) is 0 Å². The highest BCUT2D eigenvalue weighted by molar-refractivity contribution is 5.85. The maximum absolute atomic E-state index is 12.8. The molecule has 4 heteroatoms. The van der Waals surface area contributed by atoms with Crippen molar-refractivity contribution < 1.29 is 4.79 Å². The number of benzene rings is 2. The maximum Gasteiger partial charge on any atom is 0.229 e. The van der Waals surface area contributed by atoms with Crippen LogP contribution >= 0.6 is 12.4 Å². The smallest absolute Gasteiger partial charge is 0.229 e. The molecule has 1 unspecified atom stereocenters. The Hall–Kier alpha value is -1.58. The minimum absolute atomic E-state index is 0. The van der Waals surface area contributed by atoms with E-state index in [4.69, 9.17) is 0 Å². The molecule has 2 aromatic rings. The minimum Gasteiger partial charge on any atom is -0.333 e. The Morgan fingerprint density at radius 2 is 1.83 bits per heavy atom. The summed E-state index contributed by atoms with van der Waals surface area (Å²) < 4.78 is 0. The number of nitrogens with one attached hydrogen (secondary N) is 1. The van der Waals surface area contributed by atoms with E-state index in [1.165, 1.54) is 16.3 Å². The lowest BCUT2D eigenvalue weighted by molar-refractivity contribution is -0.140. The fourth-order valence-electron chi connectivity index (χ4n) is 3.34. The van der Waals surface area contributed by atoms with Crippen molar-refractivity contribution in [2.45, 2.75) is 31.8 Å². The minimum atomic E-state index is 0. The molecular weight excluding hydrogens is 308 g/mol. The number of hydrogen-bond donors (Lipinski definition) is 1. The molecule has 23 heavy (non-hydrogen) atoms. The van der Waals surface area contributed by atoms with E-state index in [1.807, 2.05) is 0 Å². The van der Waals surface area contributed by atoms with Crippen molar-refractivity contribution in [3.05, 3.63) is 48.0 Å². The average Bonchev–Trinajstić information content (AvgIpc) is 3.30. The van der Waals surface area contributed by atoms with Gasteiger partial charge in [0.2, 0.25) is 5.91 Å². The number of hydrogen-bond acceptors (Lipinski definition) is 2. The first-order chi connectivity index (χ1) is 10.7. The van der Waals surface area contributed by atoms with Crippen molar-refractivity contribution in [1.82, 2.24) is 10.2 Å². The normalized spacial score (nSPS) is 18.8. The third-order valence-electron chi connectivity index (χ3n) is 5.00. The third kappa shape index (κ3) is 3.08. The Bertz CT molecular complexity index is 709. The second kappa shape index (κ2) is 6.50. The molecule has 1 N–H and O–H groups in total. The molecule has 1 saturated carbocycles. The van der Waals surface area contributed by atoms with Crippen LogP contribution in [0.2, 0.25) is 0 Å². The van der Waals surface area contributed by atoms with Crippen LogP contribution in [-0.4, -0.2) is 29.9 Å². The summed E-state index contributed by atoms with van der Waals surface area (Å²) in [5.74, 6) is 0.519. The number of rotatable bonds is 4. The predicted octanol–water partition coefficient (Wildman–Crippen LogP) is 3.53. The molecule has 1 amide bonds. The summed E-state index contributed by atoms with van der Waals surface area (Å²) in [6, 6.07) is 15.6. The number of carbonyl (C=O) groups is 1. The van der Waals surface area contributed by atoms with E-state index in [2.05, 4.69) is 59.6 Å². The van der Waals surface area contributed by atoms with Crippen molar-refractivity contribution in [3.63, 3.8) is 0 Å². The summed E-state index contributed by atoms with van der Waals surface area (Å²) in [6.07, 6.45) is 2.31. The molecule has 1 saturated heterocycles. The third-order valence-corrected chi connectivity index (χ3v) is 5.00. The van der Waals surface area contributed by atoms with Crippen LogP contribution in [-0.2, 0) is 4.79 Å². The number of nitrogens with zero attached hydrogens (tertiary/aromatic N) is 1. The first-order valence-electron chi connectivity index (χ1n) is 8.25. The molecular formula is C19H23ClN2O. The predicted molar refractivity (Wildman–Crippen MR) is 95.8 cm³/mol. The number of carbonyl (C=O) groups excluding carboxylic acids is 1. The zero-order valence-electron chi connectivity index (χ0n) is 13.4. The summed E-state index contributed by atoms with van der Waals surface area (Å²) in [7, 11) is 0. The van der Waals surface area contributed by atoms with Crippen LogP contribution in [0.1, 0.15) is 31.4 Å². The van der Waals surface area contributed by atoms with Gasteiger partial charge in [-0.3, -0.25) is 4.79 Å². The molecule has 1 aliphatic heterocycles. The van der Waals surface area contributed by atoms with Gasteiger partial charge >= 0.3 is 0 Å². The van der Waals surface area contributed by atoms with E-state index in [0.717, 1.165) is 25.9 Å². The summed E-state index contributed by atoms with van der Waals surface area (Å²) in [4.78, 5) is 14.9. The Morgan fingerprint density at radius 1 is 1.13 bits per heavy atom. The highest BCUT2D eigenvalue weighted by atomic mass is 35.5. The van der Waals surface area contributed by atoms with Gasteiger partial charge in [-0.1, -0.05) is 36.4 Å². The van der Waals surface area contributed by atoms with Crippen molar-refractivity contribution in [2.75, 3.05) is 13.1 Å². The molecule has 0 bridgehead atoms. The second-order valence-corrected chi connectivity index (χ2v) is 6.61. The van der Waals surface area contributed by atoms with Crippen LogP contribution < -0.4 is 5.32 Å². The topological polar surface area (TPSA) is 32.3 Å². The van der Waals surface area contributed by atoms with Crippen LogP contribution in [0, 0.1) is 5.92 Å². The number of fused-ring (bicyclic) bond motifs is 1. The summed E-state index contributed by atoms with van der Waals surface area (Å²) >= 11 is 0. The second-order valence-electron chi connectivity index (χ2n) is 6.61. The zero-order chi connectivity index (χ0) is 15.1. The van der Waals surface area contributed by atoms with Gasteiger partial charge in [0.1, 0.15) is 0 Å². The van der Waals surface area contributed by atoms with E-state index in [1.54, 1.807) is 0 Å². The van der Waals surface area contributed by atoms with Gasteiger partial charge in [-0.05, 0) is 42.2 Å². The molecule has 0 spiro atoms. The largest absolute Gasteiger partial charge is 0.333 e. The molecule has 0 radical (unpaired) electrons. The van der Waals surface area contributed by atoms with Crippen LogP contribution in [0.25, 0.3) is 10.8 Å². The van der Waals surface area contributed by atoms with E-state index in [-0.39, 0.29) is 24.4 Å². The number of halogens is 1. The van der Waals surface area contributed by atoms with Gasteiger partial charge in [0.25, 0.3) is 0 Å². The lowest BCUT2D eigenvalue weighted by Gasteiger charge is -2.36. The SMILES string of the molecule is CC(c1ccc2ccccc2c1)N(C(=O)C1CNC1)C1CC1.Cl. The molecule has 3 nitrogen and oxygen atoms in total. The maximum atomic E-state index is 12.8. The van der Waals surface area contributed by atoms with Gasteiger partial charge in [-0.2, -0.15) is 0 Å². The Balaban J connectivity index is 0.00000156. The van der Waals surface area contributed by atoms with Crippen molar-refractivity contribution in [2.24, 2.45) is 5.92 Å². The fraction of sp³-hybridized carbons (Fsp3) is 0.421. The summed E-state index contributed by atoms with van der Waals surface area (Å²) in [5.41, 5.74) is 1.24. The monoisotopic (exact) mass is 330 g/mol. The van der Waals surface area contributed by atoms with Crippen LogP contribution in [0.5, 0.6) is 0 Å². The molecule has 122 valence electrons. The van der Waals surface area contributed by atoms with Gasteiger partial charge in [0.05, 0.1) is 12.0 Å². The highest BCUT2D eigenvalue weighted by Crippen LogP contribution is 2.36. The van der Waals surface area contributed by atoms with Crippen LogP contribution in [0.4, 0.5) is 0 Å². The quantitative estimate of drug-likeness (QED) is 0.930. The Labute approximate surface area is 143 Å². The Morgan fingerprint density at radius 3 is 2.43 bits per heavy atom. The molecule has 2 aliphatic rings. The van der Waals surface area contributed by atoms with Gasteiger partial charge in [0.15, 0.2) is 0 Å². The summed E-state index contributed by atoms with van der Waals surface area (Å²) in [6.45, 7) is 3.85. The van der Waals surface area contributed by atoms with E-state index in [0.29, 0.717) is 11.9 Å². The van der Waals surface area contributed by atoms with E-state index in [9.17, 15) is 4.79 Å². The lowest BCUT2D eigenvalue weighted by Crippen LogP contribution is -2.53. The standard InChI is InChI=1S/C19H22N2O.ClH/c1-13(15-7-6-14-4-2-3-5-16(14)10-15)21(18-8-9-18)19(22)17-11-20-12-17;/h2-7,10,13,17-18,20H,8-9,11-12H2,1H3;1H. The van der Waals surface area contributed by atoms with Gasteiger partial charge < -0.3 is 10.2 Å². The van der Waals surface area contributed by atoms with Gasteiger partial charge in [-0.15, -0.1) is 12.4 Å². The average molecular weight is 331 g/mol. The van der Waals surface area contributed by atoms with Gasteiger partial charge in [-0.25, -0.2) is 0 Å². The molecule has 1 aliphatic carbocycles. The fourth-order valence-corrected chi connectivity index (χ4v) is 3.34. The molecule has 2 fully saturated rings. The van der Waals surface area contributed by atoms with E-state index >= 15 is 0 Å². The highest BCUT2D eigenvalue weighted by Gasteiger charge is 2.40. The summed E-state index contributed by atoms with van der Waals surface area (Å²) in [5, 5.41) is 5.72. The first kappa shape index (κ1) is 16.3. The van der Waals surface area contributed by atoms with Gasteiger partial charge in [0, 0.05) is 19.1 Å². The Kier molecular flexibility index (Phi) is 4.60. The zero-order valence-corrected chi connectivity index (χ0v) is 14.2. The molecule has 1 heterocycles. The van der Waals surface area contributed by atoms with Crippen LogP contribution in [0.15, 0.2) is 42.5 Å². The first-order valence-corrected chi connectivity index (χ1v) is 8.25.